The molecule has 0 aliphatic carbocycles. The van der Waals surface area contributed by atoms with Crippen molar-refractivity contribution in [1.82, 2.24) is 0 Å². The van der Waals surface area contributed by atoms with Gasteiger partial charge in [-0.2, -0.15) is 0 Å². The number of hydrogen-bond donors (Lipinski definition) is 1. The fourth-order valence-electron chi connectivity index (χ4n) is 0.254. The van der Waals surface area contributed by atoms with Gasteiger partial charge in [-0.1, -0.05) is 19.1 Å². The van der Waals surface area contributed by atoms with Crippen molar-refractivity contribution in [2.75, 3.05) is 0 Å². The van der Waals surface area contributed by atoms with E-state index in [-0.39, 0.29) is 0 Å². The molecular formula is C6H11N. The van der Waals surface area contributed by atoms with E-state index in [1.54, 1.807) is 6.08 Å². The molecule has 0 aliphatic rings. The summed E-state index contributed by atoms with van der Waals surface area (Å²) in [5.74, 6) is 0. The maximum Gasteiger partial charge on any atom is -0.00598 e. The van der Waals surface area contributed by atoms with Crippen molar-refractivity contribution in [2.45, 2.75) is 13.3 Å². The first-order valence-corrected chi connectivity index (χ1v) is 2.37. The number of rotatable bonds is 2. The molecule has 0 radical (unpaired) electrons. The van der Waals surface area contributed by atoms with Gasteiger partial charge in [0.25, 0.3) is 0 Å². The minimum Gasteiger partial charge on any atom is -0.405 e. The fourth-order valence-corrected chi connectivity index (χ4v) is 0.254. The third-order valence-corrected chi connectivity index (χ3v) is 0.786. The molecule has 0 amide bonds. The zero-order valence-corrected chi connectivity index (χ0v) is 4.65. The summed E-state index contributed by atoms with van der Waals surface area (Å²) in [6.07, 6.45) is 4.29. The first-order valence-electron chi connectivity index (χ1n) is 2.37. The van der Waals surface area contributed by atoms with Gasteiger partial charge in [-0.25, -0.2) is 0 Å². The molecule has 0 heterocycles. The van der Waals surface area contributed by atoms with Crippen molar-refractivity contribution in [3.8, 4) is 0 Å². The topological polar surface area (TPSA) is 26.0 Å². The van der Waals surface area contributed by atoms with Crippen LogP contribution in [0.4, 0.5) is 0 Å². The second-order valence-corrected chi connectivity index (χ2v) is 1.37. The number of nitrogens with two attached hydrogens (primary N) is 1. The summed E-state index contributed by atoms with van der Waals surface area (Å²) in [6, 6.07) is 0. The summed E-state index contributed by atoms with van der Waals surface area (Å²) in [7, 11) is 0. The van der Waals surface area contributed by atoms with Crippen molar-refractivity contribution >= 4 is 0 Å². The average molecular weight is 97.2 g/mol. The van der Waals surface area contributed by atoms with Crippen LogP contribution in [-0.4, -0.2) is 0 Å². The smallest absolute Gasteiger partial charge is 0.00598 e. The molecule has 2 N–H and O–H groups in total. The normalized spacial score (nSPS) is 9.86. The summed E-state index contributed by atoms with van der Waals surface area (Å²) < 4.78 is 0. The van der Waals surface area contributed by atoms with Gasteiger partial charge in [-0.05, 0) is 18.7 Å². The molecule has 1 heteroatoms. The van der Waals surface area contributed by atoms with Gasteiger partial charge < -0.3 is 5.73 Å². The minimum atomic E-state index is 0.980. The molecule has 0 atom stereocenters. The van der Waals surface area contributed by atoms with E-state index in [1.807, 2.05) is 6.92 Å². The summed E-state index contributed by atoms with van der Waals surface area (Å²) in [4.78, 5) is 0. The minimum absolute atomic E-state index is 0.980. The van der Waals surface area contributed by atoms with Gasteiger partial charge in [0, 0.05) is 0 Å². The monoisotopic (exact) mass is 97.1 g/mol. The van der Waals surface area contributed by atoms with Gasteiger partial charge in [0.1, 0.15) is 0 Å². The molecule has 0 saturated heterocycles. The van der Waals surface area contributed by atoms with Crippen molar-refractivity contribution in [3.05, 3.63) is 24.4 Å². The van der Waals surface area contributed by atoms with E-state index in [2.05, 4.69) is 6.58 Å². The highest BCUT2D eigenvalue weighted by atomic mass is 14.5. The molecule has 0 rings (SSSR count). The van der Waals surface area contributed by atoms with Gasteiger partial charge in [-0.3, -0.25) is 0 Å². The van der Waals surface area contributed by atoms with Crippen LogP contribution in [0.1, 0.15) is 13.3 Å². The maximum absolute atomic E-state index is 5.06. The molecule has 0 saturated carbocycles. The Morgan fingerprint density at radius 1 is 1.86 bits per heavy atom. The van der Waals surface area contributed by atoms with Gasteiger partial charge in [-0.15, -0.1) is 0 Å². The van der Waals surface area contributed by atoms with Crippen LogP contribution in [0.25, 0.3) is 0 Å². The standard InChI is InChI=1S/C6H11N/c1-3-6(2)4-5-7/h4-5H,2-3,7H2,1H3/b5-4-. The zero-order chi connectivity index (χ0) is 5.70. The summed E-state index contributed by atoms with van der Waals surface area (Å²) in [5.41, 5.74) is 6.14. The maximum atomic E-state index is 5.06. The van der Waals surface area contributed by atoms with E-state index >= 15 is 0 Å². The molecule has 0 aromatic rings. The van der Waals surface area contributed by atoms with Crippen LogP contribution in [0, 0.1) is 0 Å². The van der Waals surface area contributed by atoms with Crippen LogP contribution in [0.3, 0.4) is 0 Å². The van der Waals surface area contributed by atoms with Crippen LogP contribution < -0.4 is 5.73 Å². The van der Waals surface area contributed by atoms with E-state index in [4.69, 9.17) is 5.73 Å². The quantitative estimate of drug-likeness (QED) is 0.518. The molecule has 0 aromatic carbocycles. The fraction of sp³-hybridized carbons (Fsp3) is 0.333. The summed E-state index contributed by atoms with van der Waals surface area (Å²) in [6.45, 7) is 5.74. The molecule has 40 valence electrons. The number of allylic oxidation sites excluding steroid dienone is 2. The van der Waals surface area contributed by atoms with Crippen molar-refractivity contribution < 1.29 is 0 Å². The van der Waals surface area contributed by atoms with Gasteiger partial charge >= 0.3 is 0 Å². The Hall–Kier alpha value is -0.720. The Bertz CT molecular complexity index is 82.2. The molecule has 0 aliphatic heterocycles. The lowest BCUT2D eigenvalue weighted by molar-refractivity contribution is 1.16. The lowest BCUT2D eigenvalue weighted by Crippen LogP contribution is -1.77. The van der Waals surface area contributed by atoms with Crippen molar-refractivity contribution in [2.24, 2.45) is 5.73 Å². The average Bonchev–Trinajstić information content (AvgIpc) is 1.68. The molecule has 0 fully saturated rings. The lowest BCUT2D eigenvalue weighted by Gasteiger charge is -1.85. The van der Waals surface area contributed by atoms with Gasteiger partial charge in [0.05, 0.1) is 0 Å². The van der Waals surface area contributed by atoms with Gasteiger partial charge in [0.2, 0.25) is 0 Å². The molecular weight excluding hydrogens is 86.1 g/mol. The van der Waals surface area contributed by atoms with Crippen LogP contribution in [0.2, 0.25) is 0 Å². The highest BCUT2D eigenvalue weighted by molar-refractivity contribution is 5.11. The predicted molar refractivity (Wildman–Crippen MR) is 32.8 cm³/mol. The Balaban J connectivity index is 3.37. The van der Waals surface area contributed by atoms with Crippen molar-refractivity contribution in [1.29, 1.82) is 0 Å². The Morgan fingerprint density at radius 2 is 2.43 bits per heavy atom. The largest absolute Gasteiger partial charge is 0.405 e. The first kappa shape index (κ1) is 6.28. The van der Waals surface area contributed by atoms with Crippen LogP contribution in [0.15, 0.2) is 24.4 Å². The lowest BCUT2D eigenvalue weighted by atomic mass is 10.2. The Morgan fingerprint density at radius 3 is 2.57 bits per heavy atom. The third kappa shape index (κ3) is 3.10. The highest BCUT2D eigenvalue weighted by Crippen LogP contribution is 1.94. The van der Waals surface area contributed by atoms with E-state index in [0.717, 1.165) is 12.0 Å². The van der Waals surface area contributed by atoms with Gasteiger partial charge in [0.15, 0.2) is 0 Å². The van der Waals surface area contributed by atoms with Crippen LogP contribution >= 0.6 is 0 Å². The predicted octanol–water partition coefficient (Wildman–Crippen LogP) is 1.43. The second kappa shape index (κ2) is 3.47. The molecule has 0 bridgehead atoms. The van der Waals surface area contributed by atoms with E-state index in [0.29, 0.717) is 0 Å². The zero-order valence-electron chi connectivity index (χ0n) is 4.65. The van der Waals surface area contributed by atoms with E-state index < -0.39 is 0 Å². The SMILES string of the molecule is C=C(/C=C\N)CC. The third-order valence-electron chi connectivity index (χ3n) is 0.786. The second-order valence-electron chi connectivity index (χ2n) is 1.37. The van der Waals surface area contributed by atoms with Crippen LogP contribution in [0.5, 0.6) is 0 Å². The molecule has 0 unspecified atom stereocenters. The van der Waals surface area contributed by atoms with Crippen LogP contribution in [-0.2, 0) is 0 Å². The molecule has 0 spiro atoms. The summed E-state index contributed by atoms with van der Waals surface area (Å²) >= 11 is 0. The van der Waals surface area contributed by atoms with E-state index in [1.165, 1.54) is 6.20 Å². The molecule has 0 aromatic heterocycles. The molecule has 1 nitrogen and oxygen atoms in total. The van der Waals surface area contributed by atoms with E-state index in [9.17, 15) is 0 Å². The molecule has 7 heavy (non-hydrogen) atoms. The summed E-state index contributed by atoms with van der Waals surface area (Å²) in [5, 5.41) is 0. The Labute approximate surface area is 44.5 Å². The highest BCUT2D eigenvalue weighted by Gasteiger charge is 1.75. The Kier molecular flexibility index (Phi) is 3.11. The first-order chi connectivity index (χ1) is 3.31. The number of hydrogen-bond acceptors (Lipinski definition) is 1. The van der Waals surface area contributed by atoms with Crippen molar-refractivity contribution in [3.63, 3.8) is 0 Å².